The zero-order chi connectivity index (χ0) is 29.0. The van der Waals surface area contributed by atoms with Gasteiger partial charge in [-0.3, -0.25) is 0 Å². The van der Waals surface area contributed by atoms with Gasteiger partial charge in [-0.25, -0.2) is 4.98 Å². The molecule has 1 nitrogen and oxygen atoms in total. The molecule has 0 atom stereocenters. The quantitative estimate of drug-likeness (QED) is 0.196. The summed E-state index contributed by atoms with van der Waals surface area (Å²) < 4.78 is 0. The second kappa shape index (κ2) is 9.90. The molecule has 0 spiro atoms. The molecule has 9 aromatic rings. The average molecular weight is 558 g/mol. The van der Waals surface area contributed by atoms with E-state index in [2.05, 4.69) is 164 Å². The smallest absolute Gasteiger partial charge is 0.0715 e. The first-order valence-electron chi connectivity index (χ1n) is 15.1. The summed E-state index contributed by atoms with van der Waals surface area (Å²) in [5.41, 5.74) is 10.4. The van der Waals surface area contributed by atoms with Crippen LogP contribution >= 0.6 is 0 Å². The molecule has 0 saturated carbocycles. The Hall–Kier alpha value is -5.79. The van der Waals surface area contributed by atoms with Crippen molar-refractivity contribution in [2.75, 3.05) is 0 Å². The number of para-hydroxylation sites is 1. The number of pyridine rings is 1. The minimum atomic E-state index is 0.981. The van der Waals surface area contributed by atoms with Crippen LogP contribution in [0, 0.1) is 0 Å². The molecule has 0 radical (unpaired) electrons. The summed E-state index contributed by atoms with van der Waals surface area (Å²) in [5, 5.41) is 8.99. The minimum absolute atomic E-state index is 0.981. The van der Waals surface area contributed by atoms with Crippen LogP contribution in [0.2, 0.25) is 0 Å². The first kappa shape index (κ1) is 24.8. The summed E-state index contributed by atoms with van der Waals surface area (Å²) >= 11 is 0. The van der Waals surface area contributed by atoms with Gasteiger partial charge in [0.25, 0.3) is 0 Å². The van der Waals surface area contributed by atoms with Crippen LogP contribution in [-0.4, -0.2) is 4.98 Å². The Kier molecular flexibility index (Phi) is 5.57. The first-order chi connectivity index (χ1) is 21.8. The van der Waals surface area contributed by atoms with Crippen LogP contribution < -0.4 is 0 Å². The third-order valence-corrected chi connectivity index (χ3v) is 9.02. The lowest BCUT2D eigenvalue weighted by atomic mass is 9.85. The van der Waals surface area contributed by atoms with E-state index in [1.165, 1.54) is 71.1 Å². The summed E-state index contributed by atoms with van der Waals surface area (Å²) in [7, 11) is 0. The molecule has 0 N–H and O–H groups in total. The maximum Gasteiger partial charge on any atom is 0.0715 e. The molecule has 8 aromatic carbocycles. The molecule has 0 aliphatic rings. The lowest BCUT2D eigenvalue weighted by Crippen LogP contribution is -1.92. The van der Waals surface area contributed by atoms with Gasteiger partial charge in [0, 0.05) is 10.9 Å². The number of hydrogen-bond acceptors (Lipinski definition) is 1. The third kappa shape index (κ3) is 3.91. The normalized spacial score (nSPS) is 11.6. The van der Waals surface area contributed by atoms with Crippen molar-refractivity contribution in [3.63, 3.8) is 0 Å². The van der Waals surface area contributed by atoms with Gasteiger partial charge in [-0.15, -0.1) is 0 Å². The standard InChI is InChI=1S/C43H27N/c1-3-10-28(11-4-1)37-26-38(36-25-23-33-15-9-14-32-22-24-35(37)43(36)42(32)33)30-18-20-31(21-19-30)41-27-39(29-12-5-2-6-13-29)34-16-7-8-17-40(34)44-41/h1-27H. The summed E-state index contributed by atoms with van der Waals surface area (Å²) in [5.74, 6) is 0. The number of hydrogen-bond donors (Lipinski definition) is 0. The molecule has 0 saturated heterocycles. The van der Waals surface area contributed by atoms with Gasteiger partial charge in [-0.1, -0.05) is 146 Å². The molecular weight excluding hydrogens is 530 g/mol. The van der Waals surface area contributed by atoms with E-state index in [1.54, 1.807) is 0 Å². The predicted molar refractivity (Wildman–Crippen MR) is 187 cm³/mol. The Morgan fingerprint density at radius 2 is 0.841 bits per heavy atom. The van der Waals surface area contributed by atoms with Crippen molar-refractivity contribution in [3.05, 3.63) is 164 Å². The summed E-state index contributed by atoms with van der Waals surface area (Å²) in [6.07, 6.45) is 0. The fourth-order valence-electron chi connectivity index (χ4n) is 6.93. The second-order valence-corrected chi connectivity index (χ2v) is 11.5. The van der Waals surface area contributed by atoms with Crippen LogP contribution in [0.25, 0.3) is 87.9 Å². The van der Waals surface area contributed by atoms with Crippen molar-refractivity contribution in [1.82, 2.24) is 4.98 Å². The summed E-state index contributed by atoms with van der Waals surface area (Å²) in [6, 6.07) is 59.1. The molecule has 9 rings (SSSR count). The van der Waals surface area contributed by atoms with E-state index in [4.69, 9.17) is 4.98 Å². The fraction of sp³-hybridized carbons (Fsp3) is 0. The van der Waals surface area contributed by atoms with Gasteiger partial charge in [-0.2, -0.15) is 0 Å². The van der Waals surface area contributed by atoms with E-state index in [0.29, 0.717) is 0 Å². The van der Waals surface area contributed by atoms with E-state index in [9.17, 15) is 0 Å². The fourth-order valence-corrected chi connectivity index (χ4v) is 6.93. The van der Waals surface area contributed by atoms with Crippen LogP contribution in [0.15, 0.2) is 164 Å². The van der Waals surface area contributed by atoms with Gasteiger partial charge < -0.3 is 0 Å². The van der Waals surface area contributed by atoms with Crippen molar-refractivity contribution in [1.29, 1.82) is 0 Å². The molecule has 44 heavy (non-hydrogen) atoms. The van der Waals surface area contributed by atoms with Crippen molar-refractivity contribution in [2.24, 2.45) is 0 Å². The molecule has 0 aliphatic heterocycles. The molecule has 0 fully saturated rings. The number of aromatic nitrogens is 1. The zero-order valence-electron chi connectivity index (χ0n) is 24.0. The number of benzene rings is 8. The summed E-state index contributed by atoms with van der Waals surface area (Å²) in [6.45, 7) is 0. The number of fused-ring (bicyclic) bond motifs is 1. The zero-order valence-corrected chi connectivity index (χ0v) is 24.0. The van der Waals surface area contributed by atoms with Gasteiger partial charge in [0.2, 0.25) is 0 Å². The van der Waals surface area contributed by atoms with Crippen molar-refractivity contribution >= 4 is 43.2 Å². The lowest BCUT2D eigenvalue weighted by molar-refractivity contribution is 1.40. The van der Waals surface area contributed by atoms with Crippen molar-refractivity contribution in [3.8, 4) is 44.6 Å². The highest BCUT2D eigenvalue weighted by Gasteiger charge is 2.17. The topological polar surface area (TPSA) is 12.9 Å². The van der Waals surface area contributed by atoms with E-state index >= 15 is 0 Å². The van der Waals surface area contributed by atoms with Crippen molar-refractivity contribution in [2.45, 2.75) is 0 Å². The first-order valence-corrected chi connectivity index (χ1v) is 15.1. The van der Waals surface area contributed by atoms with Gasteiger partial charge in [-0.05, 0) is 83.9 Å². The maximum atomic E-state index is 5.09. The third-order valence-electron chi connectivity index (χ3n) is 9.02. The van der Waals surface area contributed by atoms with E-state index < -0.39 is 0 Å². The molecule has 0 unspecified atom stereocenters. The van der Waals surface area contributed by atoms with Crippen molar-refractivity contribution < 1.29 is 0 Å². The molecule has 0 aliphatic carbocycles. The van der Waals surface area contributed by atoms with Crippen LogP contribution in [0.4, 0.5) is 0 Å². The van der Waals surface area contributed by atoms with Gasteiger partial charge in [0.15, 0.2) is 0 Å². The SMILES string of the molecule is c1ccc(-c2cc(-c3ccc(-c4cc(-c5ccccc5)c5ccc6cccc7ccc4c5c67)cc3)nc3ccccc23)cc1. The molecule has 1 heterocycles. The van der Waals surface area contributed by atoms with Crippen LogP contribution in [0.1, 0.15) is 0 Å². The second-order valence-electron chi connectivity index (χ2n) is 11.5. The van der Waals surface area contributed by atoms with E-state index in [-0.39, 0.29) is 0 Å². The van der Waals surface area contributed by atoms with Gasteiger partial charge in [0.05, 0.1) is 11.2 Å². The Balaban J connectivity index is 1.24. The molecule has 0 bridgehead atoms. The Labute approximate surface area is 256 Å². The average Bonchev–Trinajstić information content (AvgIpc) is 3.11. The molecule has 1 heteroatoms. The summed E-state index contributed by atoms with van der Waals surface area (Å²) in [4.78, 5) is 5.09. The number of rotatable bonds is 4. The van der Waals surface area contributed by atoms with E-state index in [0.717, 1.165) is 16.8 Å². The molecule has 1 aromatic heterocycles. The minimum Gasteiger partial charge on any atom is -0.248 e. The highest BCUT2D eigenvalue weighted by Crippen LogP contribution is 2.44. The van der Waals surface area contributed by atoms with Gasteiger partial charge in [0.1, 0.15) is 0 Å². The lowest BCUT2D eigenvalue weighted by Gasteiger charge is -2.18. The molecule has 204 valence electrons. The molecular formula is C43H27N. The Morgan fingerprint density at radius 1 is 0.318 bits per heavy atom. The monoisotopic (exact) mass is 557 g/mol. The largest absolute Gasteiger partial charge is 0.248 e. The Bertz CT molecular complexity index is 2440. The van der Waals surface area contributed by atoms with E-state index in [1.807, 2.05) is 0 Å². The van der Waals surface area contributed by atoms with Gasteiger partial charge >= 0.3 is 0 Å². The highest BCUT2D eigenvalue weighted by atomic mass is 14.7. The predicted octanol–water partition coefficient (Wildman–Crippen LogP) is 11.8. The maximum absolute atomic E-state index is 5.09. The highest BCUT2D eigenvalue weighted by molar-refractivity contribution is 6.28. The van der Waals surface area contributed by atoms with Crippen LogP contribution in [-0.2, 0) is 0 Å². The Morgan fingerprint density at radius 3 is 1.48 bits per heavy atom. The van der Waals surface area contributed by atoms with Crippen LogP contribution in [0.3, 0.4) is 0 Å². The van der Waals surface area contributed by atoms with Crippen LogP contribution in [0.5, 0.6) is 0 Å². The number of nitrogens with zero attached hydrogens (tertiary/aromatic N) is 1. The molecule has 0 amide bonds.